The molecule has 0 bridgehead atoms. The van der Waals surface area contributed by atoms with E-state index in [1.165, 1.54) is 19.2 Å². The van der Waals surface area contributed by atoms with Crippen molar-refractivity contribution in [3.8, 4) is 0 Å². The molecule has 7 nitrogen and oxygen atoms in total. The summed E-state index contributed by atoms with van der Waals surface area (Å²) in [5.74, 6) is -0.0303. The minimum Gasteiger partial charge on any atom is -0.369 e. The summed E-state index contributed by atoms with van der Waals surface area (Å²) in [5, 5.41) is 5.67. The number of rotatable bonds is 7. The molecule has 21 heavy (non-hydrogen) atoms. The maximum atomic E-state index is 12.4. The lowest BCUT2D eigenvalue weighted by molar-refractivity contribution is -0.122. The molecule has 116 valence electrons. The Labute approximate surface area is 124 Å². The topological polar surface area (TPSA) is 100 Å². The van der Waals surface area contributed by atoms with Gasteiger partial charge < -0.3 is 10.6 Å². The van der Waals surface area contributed by atoms with E-state index in [0.29, 0.717) is 6.54 Å². The van der Waals surface area contributed by atoms with Crippen LogP contribution in [0.25, 0.3) is 0 Å². The minimum absolute atomic E-state index is 0.0397. The van der Waals surface area contributed by atoms with Gasteiger partial charge in [0.15, 0.2) is 0 Å². The number of nitrogens with one attached hydrogen (secondary N) is 3. The van der Waals surface area contributed by atoms with Gasteiger partial charge in [-0.05, 0) is 38.8 Å². The molecule has 1 aliphatic rings. The fraction of sp³-hybridized carbons (Fsp3) is 0.538. The third-order valence-corrected chi connectivity index (χ3v) is 4.63. The van der Waals surface area contributed by atoms with Gasteiger partial charge in [0.05, 0.1) is 6.04 Å². The number of hydrogen-bond acceptors (Lipinski definition) is 5. The summed E-state index contributed by atoms with van der Waals surface area (Å²) in [5.41, 5.74) is 0. The Morgan fingerprint density at radius 1 is 1.48 bits per heavy atom. The molecule has 0 aromatic carbocycles. The highest BCUT2D eigenvalue weighted by Gasteiger charge is 2.29. The molecule has 3 N–H and O–H groups in total. The molecule has 1 heterocycles. The number of nitrogens with zero attached hydrogens (tertiary/aromatic N) is 1. The molecule has 2 rings (SSSR count). The number of sulfonamides is 1. The molecule has 0 spiro atoms. The lowest BCUT2D eigenvalue weighted by atomic mass is 10.3. The van der Waals surface area contributed by atoms with Crippen molar-refractivity contribution >= 4 is 21.7 Å². The normalized spacial score (nSPS) is 16.3. The van der Waals surface area contributed by atoms with Crippen LogP contribution in [0.4, 0.5) is 5.82 Å². The van der Waals surface area contributed by atoms with Crippen LogP contribution in [-0.4, -0.2) is 37.9 Å². The third kappa shape index (κ3) is 4.15. The number of carbonyl (C=O) groups excluding carboxylic acids is 1. The van der Waals surface area contributed by atoms with E-state index in [1.807, 2.05) is 6.92 Å². The van der Waals surface area contributed by atoms with Crippen molar-refractivity contribution < 1.29 is 13.2 Å². The lowest BCUT2D eigenvalue weighted by Crippen LogP contribution is -2.45. The van der Waals surface area contributed by atoms with Gasteiger partial charge >= 0.3 is 0 Å². The van der Waals surface area contributed by atoms with E-state index in [-0.39, 0.29) is 22.7 Å². The molecule has 8 heteroatoms. The molecule has 0 saturated heterocycles. The Morgan fingerprint density at radius 2 is 2.19 bits per heavy atom. The van der Waals surface area contributed by atoms with Gasteiger partial charge in [0, 0.05) is 18.8 Å². The Balaban J connectivity index is 2.11. The lowest BCUT2D eigenvalue weighted by Gasteiger charge is -2.15. The van der Waals surface area contributed by atoms with Crippen molar-refractivity contribution in [1.29, 1.82) is 0 Å². The van der Waals surface area contributed by atoms with E-state index >= 15 is 0 Å². The van der Waals surface area contributed by atoms with E-state index in [9.17, 15) is 13.2 Å². The predicted molar refractivity (Wildman–Crippen MR) is 79.3 cm³/mol. The maximum Gasteiger partial charge on any atom is 0.244 e. The van der Waals surface area contributed by atoms with E-state index < -0.39 is 16.1 Å². The van der Waals surface area contributed by atoms with E-state index in [0.717, 1.165) is 12.8 Å². The van der Waals surface area contributed by atoms with Crippen LogP contribution >= 0.6 is 0 Å². The highest BCUT2D eigenvalue weighted by atomic mass is 32.2. The summed E-state index contributed by atoms with van der Waals surface area (Å²) in [6, 6.07) is 2.37. The second kappa shape index (κ2) is 6.40. The van der Waals surface area contributed by atoms with Gasteiger partial charge in [0.2, 0.25) is 15.9 Å². The molecule has 1 unspecified atom stereocenters. The first kappa shape index (κ1) is 15.7. The second-order valence-corrected chi connectivity index (χ2v) is 6.69. The van der Waals surface area contributed by atoms with Crippen LogP contribution in [-0.2, 0) is 14.8 Å². The van der Waals surface area contributed by atoms with Crippen LogP contribution in [0.5, 0.6) is 0 Å². The average Bonchev–Trinajstić information content (AvgIpc) is 3.23. The van der Waals surface area contributed by atoms with Crippen molar-refractivity contribution in [3.05, 3.63) is 18.3 Å². The summed E-state index contributed by atoms with van der Waals surface area (Å²) in [4.78, 5) is 15.9. The second-order valence-electron chi connectivity index (χ2n) is 5.01. The molecule has 1 aliphatic carbocycles. The zero-order chi connectivity index (χ0) is 15.5. The predicted octanol–water partition coefficient (Wildman–Crippen LogP) is 0.459. The standard InChI is InChI=1S/C13H20N4O3S/c1-3-14-12-11(5-4-8-15-12)21(19,20)17-9(2)13(18)16-10-6-7-10/h4-5,8-10,17H,3,6-7H2,1-2H3,(H,14,15)(H,16,18). The quantitative estimate of drug-likeness (QED) is 0.679. The van der Waals surface area contributed by atoms with Crippen molar-refractivity contribution in [2.75, 3.05) is 11.9 Å². The summed E-state index contributed by atoms with van der Waals surface area (Å²) >= 11 is 0. The monoisotopic (exact) mass is 312 g/mol. The molecule has 1 saturated carbocycles. The van der Waals surface area contributed by atoms with Gasteiger partial charge in [0.1, 0.15) is 10.7 Å². The smallest absolute Gasteiger partial charge is 0.244 e. The van der Waals surface area contributed by atoms with Crippen molar-refractivity contribution in [2.24, 2.45) is 0 Å². The molecule has 1 aromatic heterocycles. The fourth-order valence-corrected chi connectivity index (χ4v) is 3.15. The Morgan fingerprint density at radius 3 is 2.81 bits per heavy atom. The molecular weight excluding hydrogens is 292 g/mol. The SMILES string of the molecule is CCNc1ncccc1S(=O)(=O)NC(C)C(=O)NC1CC1. The molecule has 0 radical (unpaired) electrons. The fourth-order valence-electron chi connectivity index (χ4n) is 1.81. The van der Waals surface area contributed by atoms with Crippen LogP contribution < -0.4 is 15.4 Å². The number of pyridine rings is 1. The van der Waals surface area contributed by atoms with Gasteiger partial charge in [-0.2, -0.15) is 4.72 Å². The number of anilines is 1. The number of carbonyl (C=O) groups is 1. The maximum absolute atomic E-state index is 12.4. The van der Waals surface area contributed by atoms with E-state index in [4.69, 9.17) is 0 Å². The van der Waals surface area contributed by atoms with Crippen LogP contribution in [0.3, 0.4) is 0 Å². The summed E-state index contributed by atoms with van der Waals surface area (Å²) < 4.78 is 27.1. The van der Waals surface area contributed by atoms with Gasteiger partial charge in [0.25, 0.3) is 0 Å². The van der Waals surface area contributed by atoms with Crippen LogP contribution in [0, 0.1) is 0 Å². The molecule has 0 aliphatic heterocycles. The first-order chi connectivity index (χ1) is 9.94. The van der Waals surface area contributed by atoms with E-state index in [1.54, 1.807) is 6.07 Å². The number of aromatic nitrogens is 1. The van der Waals surface area contributed by atoms with Crippen molar-refractivity contribution in [2.45, 2.75) is 43.7 Å². The van der Waals surface area contributed by atoms with Crippen LogP contribution in [0.15, 0.2) is 23.2 Å². The van der Waals surface area contributed by atoms with Gasteiger partial charge in [-0.1, -0.05) is 0 Å². The zero-order valence-corrected chi connectivity index (χ0v) is 12.9. The minimum atomic E-state index is -3.81. The Hall–Kier alpha value is -1.67. The van der Waals surface area contributed by atoms with Crippen molar-refractivity contribution in [1.82, 2.24) is 15.0 Å². The number of amides is 1. The zero-order valence-electron chi connectivity index (χ0n) is 12.1. The molecule has 1 amide bonds. The largest absolute Gasteiger partial charge is 0.369 e. The summed E-state index contributed by atoms with van der Waals surface area (Å²) in [6.45, 7) is 3.93. The van der Waals surface area contributed by atoms with Crippen LogP contribution in [0.1, 0.15) is 26.7 Å². The first-order valence-electron chi connectivity index (χ1n) is 6.95. The van der Waals surface area contributed by atoms with E-state index in [2.05, 4.69) is 20.3 Å². The van der Waals surface area contributed by atoms with Crippen LogP contribution in [0.2, 0.25) is 0 Å². The molecule has 1 atom stereocenters. The summed E-state index contributed by atoms with van der Waals surface area (Å²) in [7, 11) is -3.81. The van der Waals surface area contributed by atoms with Gasteiger partial charge in [-0.3, -0.25) is 4.79 Å². The summed E-state index contributed by atoms with van der Waals surface area (Å²) in [6.07, 6.45) is 3.43. The van der Waals surface area contributed by atoms with Gasteiger partial charge in [-0.25, -0.2) is 13.4 Å². The Bertz CT molecular complexity index is 614. The molecule has 1 aromatic rings. The third-order valence-electron chi connectivity index (χ3n) is 3.05. The Kier molecular flexibility index (Phi) is 4.79. The number of hydrogen-bond donors (Lipinski definition) is 3. The average molecular weight is 312 g/mol. The highest BCUT2D eigenvalue weighted by molar-refractivity contribution is 7.89. The van der Waals surface area contributed by atoms with Crippen molar-refractivity contribution in [3.63, 3.8) is 0 Å². The first-order valence-corrected chi connectivity index (χ1v) is 8.44. The molecular formula is C13H20N4O3S. The van der Waals surface area contributed by atoms with Gasteiger partial charge in [-0.15, -0.1) is 0 Å². The highest BCUT2D eigenvalue weighted by Crippen LogP contribution is 2.20. The molecule has 1 fully saturated rings.